The first-order valence-electron chi connectivity index (χ1n) is 7.75. The van der Waals surface area contributed by atoms with Crippen molar-refractivity contribution in [3.8, 4) is 0 Å². The van der Waals surface area contributed by atoms with E-state index >= 15 is 0 Å². The predicted molar refractivity (Wildman–Crippen MR) is 91.6 cm³/mol. The Kier molecular flexibility index (Phi) is 3.54. The van der Waals surface area contributed by atoms with Crippen molar-refractivity contribution in [3.63, 3.8) is 0 Å². The standard InChI is InChI=1S/C18H18N2O2S/c1-19-14-4-2-3-5-16(14)23-17-10-12(6-7-15(17)19)18(22)20-9-8-13(21)11-20/h2-7,10,13,21H,8-9,11H2,1H3. The summed E-state index contributed by atoms with van der Waals surface area (Å²) in [5.74, 6) is 0.00598. The molecule has 4 rings (SSSR count). The minimum absolute atomic E-state index is 0.00598. The molecule has 1 N–H and O–H groups in total. The molecule has 2 aromatic carbocycles. The number of β-amino-alcohol motifs (C(OH)–C–C–N with tert-alkyl or cyclic N) is 1. The molecule has 2 aliphatic rings. The summed E-state index contributed by atoms with van der Waals surface area (Å²) in [7, 11) is 2.05. The topological polar surface area (TPSA) is 43.8 Å². The van der Waals surface area contributed by atoms with Crippen molar-refractivity contribution >= 4 is 29.0 Å². The van der Waals surface area contributed by atoms with E-state index in [9.17, 15) is 9.90 Å². The number of anilines is 2. The Bertz CT molecular complexity index is 777. The van der Waals surface area contributed by atoms with Gasteiger partial charge in [0.15, 0.2) is 0 Å². The van der Waals surface area contributed by atoms with Gasteiger partial charge in [0, 0.05) is 35.5 Å². The van der Waals surface area contributed by atoms with Gasteiger partial charge >= 0.3 is 0 Å². The summed E-state index contributed by atoms with van der Waals surface area (Å²) in [6, 6.07) is 14.2. The second-order valence-corrected chi connectivity index (χ2v) is 7.09. The van der Waals surface area contributed by atoms with Crippen molar-refractivity contribution in [2.75, 3.05) is 25.0 Å². The van der Waals surface area contributed by atoms with Crippen LogP contribution >= 0.6 is 11.8 Å². The Balaban J connectivity index is 1.66. The highest BCUT2D eigenvalue weighted by Crippen LogP contribution is 2.47. The fourth-order valence-electron chi connectivity index (χ4n) is 3.18. The summed E-state index contributed by atoms with van der Waals surface area (Å²) in [6.45, 7) is 1.07. The third-order valence-electron chi connectivity index (χ3n) is 4.47. The zero-order valence-corrected chi connectivity index (χ0v) is 13.7. The quantitative estimate of drug-likeness (QED) is 0.874. The van der Waals surface area contributed by atoms with Crippen molar-refractivity contribution in [2.45, 2.75) is 22.3 Å². The lowest BCUT2D eigenvalue weighted by molar-refractivity contribution is 0.0765. The van der Waals surface area contributed by atoms with E-state index in [1.807, 2.05) is 30.3 Å². The molecule has 0 saturated carbocycles. The number of aliphatic hydroxyl groups is 1. The van der Waals surface area contributed by atoms with E-state index in [0.717, 1.165) is 10.6 Å². The van der Waals surface area contributed by atoms with Crippen LogP contribution in [0.15, 0.2) is 52.3 Å². The maximum absolute atomic E-state index is 12.6. The molecule has 1 amide bonds. The summed E-state index contributed by atoms with van der Waals surface area (Å²) >= 11 is 1.70. The molecule has 0 radical (unpaired) electrons. The molecule has 2 aliphatic heterocycles. The van der Waals surface area contributed by atoms with Crippen LogP contribution in [0.4, 0.5) is 11.4 Å². The Morgan fingerprint density at radius 3 is 2.74 bits per heavy atom. The van der Waals surface area contributed by atoms with Crippen molar-refractivity contribution in [1.29, 1.82) is 0 Å². The normalized spacial score (nSPS) is 19.5. The highest BCUT2D eigenvalue weighted by molar-refractivity contribution is 7.99. The largest absolute Gasteiger partial charge is 0.391 e. The first-order chi connectivity index (χ1) is 11.1. The van der Waals surface area contributed by atoms with Crippen LogP contribution in [0, 0.1) is 0 Å². The van der Waals surface area contributed by atoms with Crippen LogP contribution in [0.5, 0.6) is 0 Å². The monoisotopic (exact) mass is 326 g/mol. The van der Waals surface area contributed by atoms with Gasteiger partial charge < -0.3 is 14.9 Å². The first kappa shape index (κ1) is 14.6. The van der Waals surface area contributed by atoms with E-state index in [2.05, 4.69) is 24.1 Å². The van der Waals surface area contributed by atoms with E-state index in [1.54, 1.807) is 16.7 Å². The molecule has 1 unspecified atom stereocenters. The summed E-state index contributed by atoms with van der Waals surface area (Å²) < 4.78 is 0. The lowest BCUT2D eigenvalue weighted by Gasteiger charge is -2.29. The van der Waals surface area contributed by atoms with Gasteiger partial charge in [-0.15, -0.1) is 0 Å². The van der Waals surface area contributed by atoms with E-state index in [0.29, 0.717) is 25.1 Å². The summed E-state index contributed by atoms with van der Waals surface area (Å²) in [5.41, 5.74) is 3.00. The fraction of sp³-hybridized carbons (Fsp3) is 0.278. The Morgan fingerprint density at radius 1 is 1.17 bits per heavy atom. The summed E-state index contributed by atoms with van der Waals surface area (Å²) in [5, 5.41) is 9.63. The molecule has 0 bridgehead atoms. The molecule has 4 nitrogen and oxygen atoms in total. The van der Waals surface area contributed by atoms with Gasteiger partial charge in [-0.05, 0) is 36.8 Å². The molecule has 0 aliphatic carbocycles. The van der Waals surface area contributed by atoms with Gasteiger partial charge in [-0.1, -0.05) is 23.9 Å². The molecule has 118 valence electrons. The van der Waals surface area contributed by atoms with E-state index < -0.39 is 0 Å². The number of fused-ring (bicyclic) bond motifs is 2. The van der Waals surface area contributed by atoms with Crippen molar-refractivity contribution in [2.24, 2.45) is 0 Å². The van der Waals surface area contributed by atoms with Gasteiger partial charge in [0.05, 0.1) is 17.5 Å². The Labute approximate surface area is 139 Å². The van der Waals surface area contributed by atoms with E-state index in [-0.39, 0.29) is 12.0 Å². The number of para-hydroxylation sites is 1. The van der Waals surface area contributed by atoms with E-state index in [1.165, 1.54) is 10.6 Å². The van der Waals surface area contributed by atoms with Crippen molar-refractivity contribution in [1.82, 2.24) is 4.90 Å². The SMILES string of the molecule is CN1c2ccccc2Sc2cc(C(=O)N3CCC(O)C3)ccc21. The lowest BCUT2D eigenvalue weighted by Crippen LogP contribution is -2.29. The molecule has 0 aromatic heterocycles. The minimum atomic E-state index is -0.385. The number of hydrogen-bond acceptors (Lipinski definition) is 4. The van der Waals surface area contributed by atoms with Crippen LogP contribution in [-0.4, -0.2) is 42.2 Å². The molecule has 5 heteroatoms. The third kappa shape index (κ3) is 2.50. The number of nitrogens with zero attached hydrogens (tertiary/aromatic N) is 2. The Morgan fingerprint density at radius 2 is 1.96 bits per heavy atom. The zero-order valence-electron chi connectivity index (χ0n) is 12.9. The summed E-state index contributed by atoms with van der Waals surface area (Å²) in [6.07, 6.45) is 0.283. The van der Waals surface area contributed by atoms with Gasteiger partial charge in [0.25, 0.3) is 5.91 Å². The predicted octanol–water partition coefficient (Wildman–Crippen LogP) is 3.13. The maximum Gasteiger partial charge on any atom is 0.253 e. The zero-order chi connectivity index (χ0) is 16.0. The average molecular weight is 326 g/mol. The second-order valence-electron chi connectivity index (χ2n) is 6.00. The molecule has 1 saturated heterocycles. The van der Waals surface area contributed by atoms with Crippen molar-refractivity contribution < 1.29 is 9.90 Å². The van der Waals surface area contributed by atoms with Gasteiger partial charge in [-0.2, -0.15) is 0 Å². The number of benzene rings is 2. The van der Waals surface area contributed by atoms with Crippen LogP contribution < -0.4 is 4.90 Å². The molecule has 2 aromatic rings. The number of carbonyl (C=O) groups is 1. The molecular weight excluding hydrogens is 308 g/mol. The van der Waals surface area contributed by atoms with Gasteiger partial charge in [0.1, 0.15) is 0 Å². The van der Waals surface area contributed by atoms with Gasteiger partial charge in [-0.25, -0.2) is 0 Å². The lowest BCUT2D eigenvalue weighted by atomic mass is 10.1. The van der Waals surface area contributed by atoms with Crippen LogP contribution in [0.3, 0.4) is 0 Å². The molecule has 1 atom stereocenters. The van der Waals surface area contributed by atoms with Crippen molar-refractivity contribution in [3.05, 3.63) is 48.0 Å². The van der Waals surface area contributed by atoms with Crippen LogP contribution in [0.1, 0.15) is 16.8 Å². The molecule has 2 heterocycles. The third-order valence-corrected chi connectivity index (χ3v) is 5.58. The number of carbonyl (C=O) groups excluding carboxylic acids is 1. The highest BCUT2D eigenvalue weighted by atomic mass is 32.2. The Hall–Kier alpha value is -1.98. The number of amides is 1. The number of likely N-dealkylation sites (tertiary alicyclic amines) is 1. The molecule has 1 fully saturated rings. The number of aliphatic hydroxyl groups excluding tert-OH is 1. The number of hydrogen-bond donors (Lipinski definition) is 1. The average Bonchev–Trinajstić information content (AvgIpc) is 3.00. The van der Waals surface area contributed by atoms with Crippen LogP contribution in [0.25, 0.3) is 0 Å². The van der Waals surface area contributed by atoms with Crippen LogP contribution in [-0.2, 0) is 0 Å². The smallest absolute Gasteiger partial charge is 0.253 e. The second kappa shape index (κ2) is 5.58. The maximum atomic E-state index is 12.6. The van der Waals surface area contributed by atoms with E-state index in [4.69, 9.17) is 0 Å². The minimum Gasteiger partial charge on any atom is -0.391 e. The van der Waals surface area contributed by atoms with Crippen LogP contribution in [0.2, 0.25) is 0 Å². The first-order valence-corrected chi connectivity index (χ1v) is 8.57. The molecular formula is C18H18N2O2S. The number of rotatable bonds is 1. The molecule has 23 heavy (non-hydrogen) atoms. The van der Waals surface area contributed by atoms with Gasteiger partial charge in [-0.3, -0.25) is 4.79 Å². The fourth-order valence-corrected chi connectivity index (χ4v) is 4.37. The summed E-state index contributed by atoms with van der Waals surface area (Å²) in [4.78, 5) is 18.8. The van der Waals surface area contributed by atoms with Gasteiger partial charge in [0.2, 0.25) is 0 Å². The highest BCUT2D eigenvalue weighted by Gasteiger charge is 2.27. The molecule has 0 spiro atoms.